The zero-order valence-corrected chi connectivity index (χ0v) is 44.2. The molecule has 11 rings (SSSR count). The van der Waals surface area contributed by atoms with Gasteiger partial charge in [-0.05, 0) is 106 Å². The Hall–Kier alpha value is -7.26. The number of aromatic nitrogens is 6. The van der Waals surface area contributed by atoms with Crippen molar-refractivity contribution in [1.82, 2.24) is 40.1 Å². The molecule has 8 heterocycles. The van der Waals surface area contributed by atoms with Crippen LogP contribution in [0.1, 0.15) is 64.0 Å². The average molecular weight is 1090 g/mol. The van der Waals surface area contributed by atoms with E-state index in [1.807, 2.05) is 42.5 Å². The Labute approximate surface area is 449 Å². The number of H-pyrrole nitrogens is 2. The van der Waals surface area contributed by atoms with Crippen LogP contribution in [0, 0.1) is 0 Å². The van der Waals surface area contributed by atoms with Gasteiger partial charge in [0.2, 0.25) is 11.9 Å². The van der Waals surface area contributed by atoms with Crippen LogP contribution in [0.15, 0.2) is 134 Å². The number of nitrogens with one attached hydrogen (secondary N) is 5. The minimum Gasteiger partial charge on any atom is -0.509 e. The largest absolute Gasteiger partial charge is 0.509 e. The second-order valence-corrected chi connectivity index (χ2v) is 21.7. The molecule has 2 fully saturated rings. The number of aliphatic hydroxyl groups is 2. The summed E-state index contributed by atoms with van der Waals surface area (Å²) in [5, 5.41) is 31.2. The van der Waals surface area contributed by atoms with Crippen LogP contribution in [0.4, 0.5) is 23.3 Å². The molecule has 0 bridgehead atoms. The first-order chi connectivity index (χ1) is 36.1. The predicted molar refractivity (Wildman–Crippen MR) is 292 cm³/mol. The number of rotatable bonds is 11. The molecular formula is C53H52Cl2N12O6S2. The number of aromatic amines is 2. The maximum Gasteiger partial charge on any atom is 0.264 e. The highest BCUT2D eigenvalue weighted by atomic mass is 35.5. The van der Waals surface area contributed by atoms with Crippen molar-refractivity contribution in [3.8, 4) is 0 Å². The molecule has 0 spiro atoms. The van der Waals surface area contributed by atoms with E-state index in [4.69, 9.17) is 33.2 Å². The van der Waals surface area contributed by atoms with Gasteiger partial charge in [0.1, 0.15) is 38.8 Å². The SMILES string of the molecule is CN1C(=O)C(C(=O)Nc2cccc(Sc3ccc4[nH]c(N5CCCCC5)nc4n3)c2Cl)=C(O)C1(C)C.O=C(Nc1cccc(Sc2ccc3[nH]c(N4CCCCC4)nc3n2)c1Cl)C1=C(O)[C@H](c2ccccc2)NC1=O. The minimum absolute atomic E-state index is 0.269. The van der Waals surface area contributed by atoms with Gasteiger partial charge in [0.25, 0.3) is 23.6 Å². The maximum absolute atomic E-state index is 13.0. The lowest BCUT2D eigenvalue weighted by molar-refractivity contribution is -0.129. The summed E-state index contributed by atoms with van der Waals surface area (Å²) in [4.78, 5) is 83.7. The quantitative estimate of drug-likeness (QED) is 0.0597. The van der Waals surface area contributed by atoms with Gasteiger partial charge in [-0.15, -0.1) is 0 Å². The van der Waals surface area contributed by atoms with Crippen LogP contribution in [0.5, 0.6) is 0 Å². The molecule has 0 aliphatic carbocycles. The highest BCUT2D eigenvalue weighted by molar-refractivity contribution is 7.99. The summed E-state index contributed by atoms with van der Waals surface area (Å²) in [7, 11) is 1.54. The summed E-state index contributed by atoms with van der Waals surface area (Å²) < 4.78 is 0. The molecule has 4 aliphatic rings. The van der Waals surface area contributed by atoms with Crippen LogP contribution >= 0.6 is 46.7 Å². The van der Waals surface area contributed by atoms with Crippen LogP contribution in [-0.4, -0.2) is 107 Å². The third kappa shape index (κ3) is 10.6. The standard InChI is InChI=1S/C28H25ClN6O3S.C25H27ClN6O3S/c29-22-17(30-26(37)21-24(36)23(33-27(21)38)16-8-3-1-4-9-16)10-7-11-19(22)39-20-13-12-18-25(32-20)34-28(31-18)35-14-5-2-6-15-35;1-25(2)20(33)18(23(35)31(25)3)22(34)27-14-8-7-9-16(19(14)26)36-17-11-10-15-21(29-17)30-24(28-15)32-12-5-4-6-13-32/h1,3-4,7-13,23,36H,2,5-6,14-15H2,(H,30,37)(H,33,38)(H,31,32,34);7-11,33H,4-6,12-13H2,1-3H3,(H,27,34)(H,28,29,30)/t23-;/m0./s1. The molecule has 75 heavy (non-hydrogen) atoms. The van der Waals surface area contributed by atoms with E-state index in [0.717, 1.165) is 74.8 Å². The van der Waals surface area contributed by atoms with Crippen molar-refractivity contribution in [3.63, 3.8) is 0 Å². The molecular weight excluding hydrogens is 1040 g/mol. The van der Waals surface area contributed by atoms with Crippen molar-refractivity contribution in [3.05, 3.63) is 129 Å². The van der Waals surface area contributed by atoms with Gasteiger partial charge in [0, 0.05) is 43.0 Å². The number of hydrogen-bond acceptors (Lipinski definition) is 14. The van der Waals surface area contributed by atoms with Crippen LogP contribution in [0.25, 0.3) is 22.3 Å². The number of carbonyl (C=O) groups is 4. The Bertz CT molecular complexity index is 3440. The Morgan fingerprint density at radius 1 is 0.640 bits per heavy atom. The fraction of sp³-hybridized carbons (Fsp3) is 0.283. The smallest absolute Gasteiger partial charge is 0.264 e. The average Bonchev–Trinajstić information content (AvgIpc) is 4.17. The van der Waals surface area contributed by atoms with Crippen molar-refractivity contribution in [1.29, 1.82) is 0 Å². The van der Waals surface area contributed by atoms with Crippen molar-refractivity contribution in [2.45, 2.75) is 83.8 Å². The van der Waals surface area contributed by atoms with Crippen LogP contribution < -0.4 is 25.8 Å². The lowest BCUT2D eigenvalue weighted by Crippen LogP contribution is -2.40. The first-order valence-corrected chi connectivity index (χ1v) is 26.8. The molecule has 0 radical (unpaired) electrons. The summed E-state index contributed by atoms with van der Waals surface area (Å²) in [5.74, 6) is -1.56. The van der Waals surface area contributed by atoms with Crippen LogP contribution in [0.3, 0.4) is 0 Å². The number of halogens is 2. The molecule has 0 unspecified atom stereocenters. The number of imidazole rings is 2. The molecule has 22 heteroatoms. The topological polar surface area (TPSA) is 238 Å². The predicted octanol–water partition coefficient (Wildman–Crippen LogP) is 10.1. The van der Waals surface area contributed by atoms with Crippen molar-refractivity contribution < 1.29 is 29.4 Å². The highest BCUT2D eigenvalue weighted by Crippen LogP contribution is 2.40. The van der Waals surface area contributed by atoms with Gasteiger partial charge in [-0.3, -0.25) is 19.2 Å². The fourth-order valence-corrected chi connectivity index (χ4v) is 11.4. The monoisotopic (exact) mass is 1090 g/mol. The van der Waals surface area contributed by atoms with Crippen molar-refractivity contribution in [2.75, 3.05) is 53.7 Å². The molecule has 2 saturated heterocycles. The second kappa shape index (κ2) is 21.5. The molecule has 4 aliphatic heterocycles. The summed E-state index contributed by atoms with van der Waals surface area (Å²) >= 11 is 16.0. The zero-order chi connectivity index (χ0) is 52.5. The van der Waals surface area contributed by atoms with Crippen molar-refractivity contribution >= 4 is 116 Å². The molecule has 7 aromatic rings. The molecule has 386 valence electrons. The Kier molecular flexibility index (Phi) is 14.7. The van der Waals surface area contributed by atoms with Crippen molar-refractivity contribution in [2.24, 2.45) is 0 Å². The molecule has 0 saturated carbocycles. The molecule has 3 aromatic carbocycles. The number of nitrogens with zero attached hydrogens (tertiary/aromatic N) is 7. The maximum atomic E-state index is 13.0. The Balaban J connectivity index is 0.000000172. The number of anilines is 4. The Morgan fingerprint density at radius 2 is 1.12 bits per heavy atom. The number of piperidine rings is 2. The zero-order valence-electron chi connectivity index (χ0n) is 41.0. The van der Waals surface area contributed by atoms with E-state index < -0.39 is 35.2 Å². The van der Waals surface area contributed by atoms with E-state index in [9.17, 15) is 29.4 Å². The molecule has 4 amide bonds. The van der Waals surface area contributed by atoms with Crippen LogP contribution in [-0.2, 0) is 19.2 Å². The Morgan fingerprint density at radius 3 is 1.59 bits per heavy atom. The minimum atomic E-state index is -0.963. The van der Waals surface area contributed by atoms with Crippen LogP contribution in [0.2, 0.25) is 10.0 Å². The van der Waals surface area contributed by atoms with E-state index >= 15 is 0 Å². The van der Waals surface area contributed by atoms with Gasteiger partial charge < -0.3 is 50.8 Å². The normalized spacial score (nSPS) is 17.7. The summed E-state index contributed by atoms with van der Waals surface area (Å²) in [5.41, 5.74) is 2.73. The number of hydrogen-bond donors (Lipinski definition) is 7. The lowest BCUT2D eigenvalue weighted by atomic mass is 10.0. The van der Waals surface area contributed by atoms with Gasteiger partial charge in [-0.2, -0.15) is 9.97 Å². The molecule has 4 aromatic heterocycles. The van der Waals surface area contributed by atoms with E-state index in [0.29, 0.717) is 58.1 Å². The first-order valence-electron chi connectivity index (χ1n) is 24.4. The van der Waals surface area contributed by atoms with Gasteiger partial charge in [0.15, 0.2) is 11.3 Å². The second-order valence-electron chi connectivity index (χ2n) is 18.8. The van der Waals surface area contributed by atoms with Gasteiger partial charge in [-0.25, -0.2) is 9.97 Å². The number of amides is 4. The summed E-state index contributed by atoms with van der Waals surface area (Å²) in [6.45, 7) is 7.29. The number of carbonyl (C=O) groups excluding carboxylic acids is 4. The lowest BCUT2D eigenvalue weighted by Gasteiger charge is -2.27. The van der Waals surface area contributed by atoms with E-state index in [-0.39, 0.29) is 22.7 Å². The molecule has 18 nitrogen and oxygen atoms in total. The summed E-state index contributed by atoms with van der Waals surface area (Å²) in [6, 6.07) is 26.3. The van der Waals surface area contributed by atoms with Gasteiger partial charge in [-0.1, -0.05) is 89.2 Å². The number of pyridine rings is 2. The van der Waals surface area contributed by atoms with Gasteiger partial charge in [0.05, 0.1) is 38.0 Å². The van der Waals surface area contributed by atoms with Gasteiger partial charge >= 0.3 is 0 Å². The summed E-state index contributed by atoms with van der Waals surface area (Å²) in [6.07, 6.45) is 7.14. The number of benzene rings is 3. The number of likely N-dealkylation sites (N-methyl/N-ethyl adjacent to an activating group) is 1. The third-order valence-electron chi connectivity index (χ3n) is 13.6. The highest BCUT2D eigenvalue weighted by Gasteiger charge is 2.46. The first kappa shape index (κ1) is 51.2. The number of fused-ring (bicyclic) bond motifs is 2. The number of aliphatic hydroxyl groups excluding tert-OH is 2. The fourth-order valence-electron chi connectivity index (χ4n) is 9.15. The third-order valence-corrected chi connectivity index (χ3v) is 16.6. The van der Waals surface area contributed by atoms with E-state index in [1.165, 1.54) is 41.3 Å². The van der Waals surface area contributed by atoms with E-state index in [2.05, 4.69) is 45.7 Å². The molecule has 1 atom stereocenters. The van der Waals surface area contributed by atoms with E-state index in [1.54, 1.807) is 69.4 Å². The molecule has 7 N–H and O–H groups in total.